The number of urea groups is 1. The van der Waals surface area contributed by atoms with E-state index in [2.05, 4.69) is 29.9 Å². The van der Waals surface area contributed by atoms with Gasteiger partial charge in [-0.2, -0.15) is 0 Å². The van der Waals surface area contributed by atoms with Crippen molar-refractivity contribution in [1.29, 1.82) is 0 Å². The normalized spacial score (nSPS) is 13.3. The molecule has 1 aromatic heterocycles. The monoisotopic (exact) mass is 588 g/mol. The van der Waals surface area contributed by atoms with Crippen LogP contribution in [0.25, 0.3) is 11.1 Å². The van der Waals surface area contributed by atoms with Gasteiger partial charge in [0.15, 0.2) is 0 Å². The Labute approximate surface area is 248 Å². The van der Waals surface area contributed by atoms with Crippen molar-refractivity contribution in [2.45, 2.75) is 38.3 Å². The van der Waals surface area contributed by atoms with Crippen LogP contribution in [-0.2, 0) is 20.7 Å². The number of fused-ring (bicyclic) bond motifs is 1. The van der Waals surface area contributed by atoms with E-state index in [1.54, 1.807) is 29.4 Å². The van der Waals surface area contributed by atoms with Crippen LogP contribution >= 0.6 is 0 Å². The van der Waals surface area contributed by atoms with Gasteiger partial charge in [0.25, 0.3) is 5.91 Å². The van der Waals surface area contributed by atoms with Crippen LogP contribution in [0.1, 0.15) is 27.5 Å². The Kier molecular flexibility index (Phi) is 10.5. The molecule has 0 unspecified atom stereocenters. The van der Waals surface area contributed by atoms with Crippen molar-refractivity contribution in [3.63, 3.8) is 0 Å². The highest BCUT2D eigenvalue weighted by atomic mass is 28.3. The lowest BCUT2D eigenvalue weighted by Gasteiger charge is -2.27. The van der Waals surface area contributed by atoms with Crippen molar-refractivity contribution in [1.82, 2.24) is 20.1 Å². The van der Waals surface area contributed by atoms with Crippen LogP contribution in [-0.4, -0.2) is 75.9 Å². The zero-order valence-electron chi connectivity index (χ0n) is 24.5. The second-order valence-corrected chi connectivity index (χ2v) is 17.0. The van der Waals surface area contributed by atoms with Crippen molar-refractivity contribution in [2.75, 3.05) is 27.0 Å². The Balaban J connectivity index is 1.51. The minimum absolute atomic E-state index is 0.0787. The highest BCUT2D eigenvalue weighted by molar-refractivity contribution is 6.76. The van der Waals surface area contributed by atoms with Gasteiger partial charge in [0.1, 0.15) is 12.5 Å². The van der Waals surface area contributed by atoms with Crippen LogP contribution in [0.5, 0.6) is 5.75 Å². The maximum Gasteiger partial charge on any atom is 0.506 e. The minimum atomic E-state index is -1.32. The predicted octanol–water partition coefficient (Wildman–Crippen LogP) is 4.22. The summed E-state index contributed by atoms with van der Waals surface area (Å²) in [5.74, 6) is 0.376. The highest BCUT2D eigenvalue weighted by Gasteiger charge is 2.31. The molecule has 12 heteroatoms. The first-order valence-corrected chi connectivity index (χ1v) is 17.5. The summed E-state index contributed by atoms with van der Waals surface area (Å²) in [6.45, 7) is 7.61. The van der Waals surface area contributed by atoms with E-state index in [1.165, 1.54) is 7.11 Å². The first-order valence-electron chi connectivity index (χ1n) is 13.8. The van der Waals surface area contributed by atoms with Crippen molar-refractivity contribution in [2.24, 2.45) is 0 Å². The van der Waals surface area contributed by atoms with Crippen LogP contribution in [0.15, 0.2) is 67.0 Å². The fourth-order valence-electron chi connectivity index (χ4n) is 4.52. The molecule has 4 rings (SSSR count). The lowest BCUT2D eigenvalue weighted by atomic mass is 10.0. The molecule has 10 nitrogen and oxygen atoms in total. The number of aromatic nitrogens is 1. The Bertz CT molecular complexity index is 1370. The average molecular weight is 589 g/mol. The molecule has 4 amide bonds. The molecule has 0 saturated heterocycles. The van der Waals surface area contributed by atoms with Gasteiger partial charge in [-0.3, -0.25) is 14.6 Å². The molecule has 0 spiro atoms. The first kappa shape index (κ1) is 30.9. The van der Waals surface area contributed by atoms with Crippen LogP contribution in [0.2, 0.25) is 25.7 Å². The Hall–Kier alpha value is -4.00. The Morgan fingerprint density at radius 3 is 2.50 bits per heavy atom. The zero-order valence-corrected chi connectivity index (χ0v) is 25.5. The summed E-state index contributed by atoms with van der Waals surface area (Å²) in [6.07, 6.45) is 3.93. The van der Waals surface area contributed by atoms with Crippen molar-refractivity contribution in [3.8, 4) is 16.9 Å². The number of imide groups is 1. The number of benzene rings is 2. The van der Waals surface area contributed by atoms with Crippen LogP contribution < -0.4 is 9.97 Å². The number of carbonyl (C=O) groups is 3. The van der Waals surface area contributed by atoms with Gasteiger partial charge in [-0.25, -0.2) is 9.69 Å². The minimum Gasteiger partial charge on any atom is -0.539 e. The lowest BCUT2D eigenvalue weighted by molar-refractivity contribution is -0.119. The quantitative estimate of drug-likeness (QED) is 0.130. The summed E-state index contributed by atoms with van der Waals surface area (Å²) < 4.78 is 16.1. The third-order valence-corrected chi connectivity index (χ3v) is 8.65. The van der Waals surface area contributed by atoms with Gasteiger partial charge in [0.05, 0.1) is 6.04 Å². The molecule has 42 heavy (non-hydrogen) atoms. The van der Waals surface area contributed by atoms with E-state index in [1.807, 2.05) is 42.5 Å². The molecule has 0 fully saturated rings. The smallest absolute Gasteiger partial charge is 0.506 e. The van der Waals surface area contributed by atoms with Crippen LogP contribution in [0.3, 0.4) is 0 Å². The molecule has 2 aromatic carbocycles. The fraction of sp³-hybridized carbons (Fsp3) is 0.333. The van der Waals surface area contributed by atoms with E-state index >= 15 is 0 Å². The standard InChI is InChI=1S/C30H37BN4O6Si/c1-39-31-41-26-10-9-25-18-34(29(37)27(25)17-26)19-28(24-7-5-22(6-8-24)23-11-13-32-14-12-23)33-30(38)35(20-36)21-40-15-16-42(2,3)4/h5-14,17,20,28,31H,15-16,18-19,21H2,1-4H3,(H,33,38)/t28-/m0/s1. The molecule has 1 aliphatic rings. The molecule has 1 atom stereocenters. The molecule has 0 bridgehead atoms. The third-order valence-electron chi connectivity index (χ3n) is 6.95. The van der Waals surface area contributed by atoms with Gasteiger partial charge in [-0.05, 0) is 52.6 Å². The number of rotatable bonds is 14. The van der Waals surface area contributed by atoms with E-state index in [4.69, 9.17) is 14.0 Å². The van der Waals surface area contributed by atoms with E-state index in [9.17, 15) is 14.4 Å². The van der Waals surface area contributed by atoms with E-state index < -0.39 is 20.1 Å². The molecule has 0 aliphatic carbocycles. The Morgan fingerprint density at radius 2 is 1.83 bits per heavy atom. The van der Waals surface area contributed by atoms with E-state index in [-0.39, 0.29) is 26.9 Å². The number of hydrogen-bond donors (Lipinski definition) is 1. The molecule has 1 aliphatic heterocycles. The number of ether oxygens (including phenoxy) is 1. The highest BCUT2D eigenvalue weighted by Crippen LogP contribution is 2.29. The van der Waals surface area contributed by atoms with Crippen LogP contribution in [0.4, 0.5) is 4.79 Å². The molecule has 0 radical (unpaired) electrons. The number of hydrogen-bond acceptors (Lipinski definition) is 7. The predicted molar refractivity (Wildman–Crippen MR) is 164 cm³/mol. The topological polar surface area (TPSA) is 110 Å². The van der Waals surface area contributed by atoms with Gasteiger partial charge in [-0.1, -0.05) is 50.0 Å². The third kappa shape index (κ3) is 8.28. The second-order valence-electron chi connectivity index (χ2n) is 11.3. The van der Waals surface area contributed by atoms with Gasteiger partial charge in [0.2, 0.25) is 6.41 Å². The second kappa shape index (κ2) is 14.3. The summed E-state index contributed by atoms with van der Waals surface area (Å²) in [6, 6.07) is 16.7. The molecular formula is C30H37BN4O6Si. The summed E-state index contributed by atoms with van der Waals surface area (Å²) >= 11 is 0. The van der Waals surface area contributed by atoms with Gasteiger partial charge in [0, 0.05) is 52.8 Å². The number of nitrogens with zero attached hydrogens (tertiary/aromatic N) is 3. The largest absolute Gasteiger partial charge is 0.539 e. The average Bonchev–Trinajstić information content (AvgIpc) is 3.29. The maximum atomic E-state index is 13.4. The summed E-state index contributed by atoms with van der Waals surface area (Å²) in [5.41, 5.74) is 4.21. The SMILES string of the molecule is COBOc1ccc2c(c1)C(=O)N(C[C@H](NC(=O)N(C=O)COCC[Si](C)(C)C)c1ccc(-c3ccncc3)cc1)C2. The molecule has 0 saturated carbocycles. The maximum absolute atomic E-state index is 13.4. The van der Waals surface area contributed by atoms with Gasteiger partial charge in [-0.15, -0.1) is 0 Å². The van der Waals surface area contributed by atoms with Crippen molar-refractivity contribution >= 4 is 34.1 Å². The number of nitrogens with one attached hydrogen (secondary N) is 1. The molecule has 220 valence electrons. The number of carbonyl (C=O) groups excluding carboxylic acids is 3. The molecular weight excluding hydrogens is 551 g/mol. The van der Waals surface area contributed by atoms with Crippen molar-refractivity contribution < 1.29 is 28.4 Å². The lowest BCUT2D eigenvalue weighted by Crippen LogP contribution is -2.45. The van der Waals surface area contributed by atoms with E-state index in [0.717, 1.165) is 33.2 Å². The number of pyridine rings is 1. The van der Waals surface area contributed by atoms with E-state index in [0.29, 0.717) is 30.9 Å². The summed E-state index contributed by atoms with van der Waals surface area (Å²) in [5, 5.41) is 2.95. The molecule has 1 N–H and O–H groups in total. The van der Waals surface area contributed by atoms with Crippen molar-refractivity contribution in [3.05, 3.63) is 83.7 Å². The van der Waals surface area contributed by atoms with Gasteiger partial charge >= 0.3 is 13.7 Å². The molecule has 3 aromatic rings. The van der Waals surface area contributed by atoms with Gasteiger partial charge < -0.3 is 24.3 Å². The summed E-state index contributed by atoms with van der Waals surface area (Å²) in [4.78, 5) is 45.2. The molecule has 2 heterocycles. The zero-order chi connectivity index (χ0) is 30.1. The number of amides is 4. The summed E-state index contributed by atoms with van der Waals surface area (Å²) in [7, 11) is 0.292. The Morgan fingerprint density at radius 1 is 1.12 bits per heavy atom. The first-order chi connectivity index (χ1) is 20.2. The fourth-order valence-corrected chi connectivity index (χ4v) is 5.28. The van der Waals surface area contributed by atoms with Crippen LogP contribution in [0, 0.1) is 0 Å².